The summed E-state index contributed by atoms with van der Waals surface area (Å²) >= 11 is 0. The Morgan fingerprint density at radius 2 is 2.08 bits per heavy atom. The lowest BCUT2D eigenvalue weighted by Gasteiger charge is -2.01. The fraction of sp³-hybridized carbons (Fsp3) is 0.100. The van der Waals surface area contributed by atoms with Gasteiger partial charge in [-0.2, -0.15) is 0 Å². The summed E-state index contributed by atoms with van der Waals surface area (Å²) in [6, 6.07) is 7.17. The molecule has 0 spiro atoms. The van der Waals surface area contributed by atoms with Crippen molar-refractivity contribution in [3.8, 4) is 0 Å². The van der Waals surface area contributed by atoms with Crippen LogP contribution < -0.4 is 5.32 Å². The SMILES string of the molecule is O=C1NCC(O)=Cc2ccccc21. The van der Waals surface area contributed by atoms with Crippen molar-refractivity contribution in [3.05, 3.63) is 41.2 Å². The molecule has 2 N–H and O–H groups in total. The average Bonchev–Trinajstić information content (AvgIpc) is 2.27. The highest BCUT2D eigenvalue weighted by atomic mass is 16.3. The molecule has 0 aromatic heterocycles. The Morgan fingerprint density at radius 1 is 1.31 bits per heavy atom. The highest BCUT2D eigenvalue weighted by molar-refractivity contribution is 5.98. The van der Waals surface area contributed by atoms with Crippen LogP contribution in [0.25, 0.3) is 6.08 Å². The van der Waals surface area contributed by atoms with Crippen LogP contribution in [0.15, 0.2) is 30.0 Å². The topological polar surface area (TPSA) is 49.3 Å². The van der Waals surface area contributed by atoms with Gasteiger partial charge in [-0.3, -0.25) is 4.79 Å². The molecular formula is C10H9NO2. The fourth-order valence-electron chi connectivity index (χ4n) is 1.33. The lowest BCUT2D eigenvalue weighted by molar-refractivity contribution is 0.0954. The Bertz CT molecular complexity index is 382. The molecule has 1 heterocycles. The molecule has 1 aliphatic heterocycles. The molecule has 13 heavy (non-hydrogen) atoms. The Labute approximate surface area is 75.7 Å². The van der Waals surface area contributed by atoms with Gasteiger partial charge in [-0.1, -0.05) is 18.2 Å². The molecule has 0 unspecified atom stereocenters. The third-order valence-corrected chi connectivity index (χ3v) is 1.96. The number of fused-ring (bicyclic) bond motifs is 1. The number of rotatable bonds is 0. The van der Waals surface area contributed by atoms with Gasteiger partial charge in [0.2, 0.25) is 0 Å². The maximum atomic E-state index is 11.4. The smallest absolute Gasteiger partial charge is 0.252 e. The van der Waals surface area contributed by atoms with Crippen molar-refractivity contribution in [2.45, 2.75) is 0 Å². The van der Waals surface area contributed by atoms with Gasteiger partial charge in [0.15, 0.2) is 0 Å². The van der Waals surface area contributed by atoms with Gasteiger partial charge in [-0.15, -0.1) is 0 Å². The first-order valence-electron chi connectivity index (χ1n) is 4.04. The van der Waals surface area contributed by atoms with Crippen LogP contribution in [-0.2, 0) is 0 Å². The number of hydrogen-bond donors (Lipinski definition) is 2. The van der Waals surface area contributed by atoms with E-state index < -0.39 is 0 Å². The van der Waals surface area contributed by atoms with Gasteiger partial charge >= 0.3 is 0 Å². The highest BCUT2D eigenvalue weighted by Gasteiger charge is 2.13. The first-order chi connectivity index (χ1) is 6.27. The summed E-state index contributed by atoms with van der Waals surface area (Å²) in [5.74, 6) is 0.0363. The summed E-state index contributed by atoms with van der Waals surface area (Å²) < 4.78 is 0. The van der Waals surface area contributed by atoms with Crippen molar-refractivity contribution in [1.82, 2.24) is 5.32 Å². The number of aliphatic hydroxyl groups is 1. The van der Waals surface area contributed by atoms with Gasteiger partial charge in [0.1, 0.15) is 5.76 Å². The molecule has 0 saturated heterocycles. The molecule has 1 aromatic rings. The van der Waals surface area contributed by atoms with Crippen molar-refractivity contribution in [2.24, 2.45) is 0 Å². The van der Waals surface area contributed by atoms with E-state index in [1.165, 1.54) is 0 Å². The molecule has 66 valence electrons. The van der Waals surface area contributed by atoms with E-state index >= 15 is 0 Å². The summed E-state index contributed by atoms with van der Waals surface area (Å²) in [5.41, 5.74) is 1.36. The van der Waals surface area contributed by atoms with Crippen LogP contribution in [0.2, 0.25) is 0 Å². The molecule has 0 aliphatic carbocycles. The van der Waals surface area contributed by atoms with Crippen LogP contribution in [0.5, 0.6) is 0 Å². The lowest BCUT2D eigenvalue weighted by atomic mass is 10.1. The maximum absolute atomic E-state index is 11.4. The van der Waals surface area contributed by atoms with Gasteiger partial charge in [0.05, 0.1) is 6.54 Å². The second kappa shape index (κ2) is 2.94. The Kier molecular flexibility index (Phi) is 1.77. The van der Waals surface area contributed by atoms with Gasteiger partial charge in [-0.05, 0) is 17.7 Å². The molecule has 2 rings (SSSR count). The molecule has 1 amide bonds. The van der Waals surface area contributed by atoms with E-state index in [1.807, 2.05) is 6.07 Å². The van der Waals surface area contributed by atoms with E-state index in [-0.39, 0.29) is 18.2 Å². The normalized spacial score (nSPS) is 15.4. The number of amides is 1. The van der Waals surface area contributed by atoms with Crippen LogP contribution in [0.3, 0.4) is 0 Å². The van der Waals surface area contributed by atoms with Crippen molar-refractivity contribution in [1.29, 1.82) is 0 Å². The van der Waals surface area contributed by atoms with Gasteiger partial charge in [-0.25, -0.2) is 0 Å². The number of aliphatic hydroxyl groups excluding tert-OH is 1. The van der Waals surface area contributed by atoms with Crippen LogP contribution in [0.4, 0.5) is 0 Å². The average molecular weight is 175 g/mol. The monoisotopic (exact) mass is 175 g/mol. The Balaban J connectivity index is 2.57. The van der Waals surface area contributed by atoms with Crippen molar-refractivity contribution in [2.75, 3.05) is 6.54 Å². The van der Waals surface area contributed by atoms with Crippen LogP contribution >= 0.6 is 0 Å². The minimum atomic E-state index is -0.143. The van der Waals surface area contributed by atoms with E-state index in [1.54, 1.807) is 24.3 Å². The molecule has 0 fully saturated rings. The fourth-order valence-corrected chi connectivity index (χ4v) is 1.33. The van der Waals surface area contributed by atoms with E-state index in [2.05, 4.69) is 5.32 Å². The van der Waals surface area contributed by atoms with Crippen molar-refractivity contribution in [3.63, 3.8) is 0 Å². The summed E-state index contributed by atoms with van der Waals surface area (Å²) in [5, 5.41) is 11.9. The third kappa shape index (κ3) is 1.40. The number of nitrogens with one attached hydrogen (secondary N) is 1. The van der Waals surface area contributed by atoms with Crippen LogP contribution in [-0.4, -0.2) is 17.6 Å². The molecule has 0 atom stereocenters. The zero-order chi connectivity index (χ0) is 9.26. The first-order valence-corrected chi connectivity index (χ1v) is 4.04. The van der Waals surface area contributed by atoms with Crippen molar-refractivity contribution < 1.29 is 9.90 Å². The summed E-state index contributed by atoms with van der Waals surface area (Å²) in [7, 11) is 0. The van der Waals surface area contributed by atoms with Crippen LogP contribution in [0.1, 0.15) is 15.9 Å². The summed E-state index contributed by atoms with van der Waals surface area (Å²) in [4.78, 5) is 11.4. The predicted octanol–water partition coefficient (Wildman–Crippen LogP) is 1.33. The second-order valence-corrected chi connectivity index (χ2v) is 2.91. The van der Waals surface area contributed by atoms with Gasteiger partial charge in [0.25, 0.3) is 5.91 Å². The molecule has 0 saturated carbocycles. The summed E-state index contributed by atoms with van der Waals surface area (Å²) in [6.07, 6.45) is 1.60. The summed E-state index contributed by atoms with van der Waals surface area (Å²) in [6.45, 7) is 0.202. The quantitative estimate of drug-likeness (QED) is 0.625. The Hall–Kier alpha value is -1.77. The van der Waals surface area contributed by atoms with Gasteiger partial charge in [0, 0.05) is 5.56 Å². The number of carbonyl (C=O) groups excluding carboxylic acids is 1. The zero-order valence-corrected chi connectivity index (χ0v) is 6.95. The predicted molar refractivity (Wildman–Crippen MR) is 49.4 cm³/mol. The van der Waals surface area contributed by atoms with E-state index in [0.29, 0.717) is 5.56 Å². The molecule has 3 nitrogen and oxygen atoms in total. The zero-order valence-electron chi connectivity index (χ0n) is 6.95. The molecule has 1 aliphatic rings. The minimum Gasteiger partial charge on any atom is -0.510 e. The molecule has 3 heteroatoms. The van der Waals surface area contributed by atoms with Crippen molar-refractivity contribution >= 4 is 12.0 Å². The molecule has 0 bridgehead atoms. The number of benzene rings is 1. The first kappa shape index (κ1) is 7.86. The second-order valence-electron chi connectivity index (χ2n) is 2.91. The maximum Gasteiger partial charge on any atom is 0.252 e. The van der Waals surface area contributed by atoms with E-state index in [0.717, 1.165) is 5.56 Å². The largest absolute Gasteiger partial charge is 0.510 e. The standard InChI is InChI=1S/C10H9NO2/c12-8-5-7-3-1-2-4-9(7)10(13)11-6-8/h1-5,12H,6H2,(H,11,13). The van der Waals surface area contributed by atoms with Crippen LogP contribution in [0, 0.1) is 0 Å². The van der Waals surface area contributed by atoms with E-state index in [9.17, 15) is 9.90 Å². The molecular weight excluding hydrogens is 166 g/mol. The number of hydrogen-bond acceptors (Lipinski definition) is 2. The highest BCUT2D eigenvalue weighted by Crippen LogP contribution is 2.14. The third-order valence-electron chi connectivity index (χ3n) is 1.96. The minimum absolute atomic E-state index is 0.143. The van der Waals surface area contributed by atoms with Gasteiger partial charge < -0.3 is 10.4 Å². The molecule has 0 radical (unpaired) electrons. The Morgan fingerprint density at radius 3 is 2.92 bits per heavy atom. The lowest BCUT2D eigenvalue weighted by Crippen LogP contribution is -2.24. The number of carbonyl (C=O) groups is 1. The van der Waals surface area contributed by atoms with E-state index in [4.69, 9.17) is 0 Å². The molecule has 1 aromatic carbocycles.